The fraction of sp³-hybridized carbons (Fsp3) is 0.214. The molecule has 0 saturated carbocycles. The van der Waals surface area contributed by atoms with Crippen LogP contribution in [0.5, 0.6) is 11.6 Å². The van der Waals surface area contributed by atoms with E-state index in [2.05, 4.69) is 4.98 Å². The van der Waals surface area contributed by atoms with Crippen molar-refractivity contribution in [3.63, 3.8) is 0 Å². The Balaban J connectivity index is 2.04. The number of hydrogen-bond donors (Lipinski definition) is 1. The molecule has 0 aliphatic heterocycles. The Bertz CT molecular complexity index is 524. The van der Waals surface area contributed by atoms with Crippen LogP contribution in [0.4, 0.5) is 5.69 Å². The molecular formula is C14H16N2O2. The second kappa shape index (κ2) is 5.40. The van der Waals surface area contributed by atoms with Crippen molar-refractivity contribution in [2.45, 2.75) is 13.5 Å². The molecule has 0 unspecified atom stereocenters. The smallest absolute Gasteiger partial charge is 0.237 e. The van der Waals surface area contributed by atoms with Crippen LogP contribution in [-0.2, 0) is 6.61 Å². The van der Waals surface area contributed by atoms with Crippen molar-refractivity contribution < 1.29 is 9.47 Å². The number of rotatable bonds is 4. The van der Waals surface area contributed by atoms with Crippen molar-refractivity contribution in [3.8, 4) is 11.6 Å². The minimum absolute atomic E-state index is 0.435. The molecule has 2 rings (SSSR count). The average Bonchev–Trinajstić information content (AvgIpc) is 2.40. The lowest BCUT2D eigenvalue weighted by atomic mass is 10.2. The minimum atomic E-state index is 0.435. The molecule has 94 valence electrons. The highest BCUT2D eigenvalue weighted by atomic mass is 16.5. The largest absolute Gasteiger partial charge is 0.497 e. The molecule has 2 N–H and O–H groups in total. The van der Waals surface area contributed by atoms with Gasteiger partial charge in [-0.05, 0) is 36.8 Å². The van der Waals surface area contributed by atoms with E-state index in [1.165, 1.54) is 0 Å². The van der Waals surface area contributed by atoms with Gasteiger partial charge >= 0.3 is 0 Å². The monoisotopic (exact) mass is 244 g/mol. The number of hydrogen-bond acceptors (Lipinski definition) is 4. The summed E-state index contributed by atoms with van der Waals surface area (Å²) < 4.78 is 10.7. The standard InChI is InChI=1S/C14H16N2O2/c1-10-3-8-13(15)14(16-10)18-9-11-4-6-12(17-2)7-5-11/h3-8H,9,15H2,1-2H3. The van der Waals surface area contributed by atoms with E-state index in [0.29, 0.717) is 18.2 Å². The number of aryl methyl sites for hydroxylation is 1. The van der Waals surface area contributed by atoms with Gasteiger partial charge in [0.2, 0.25) is 5.88 Å². The first-order chi connectivity index (χ1) is 8.69. The number of benzene rings is 1. The molecule has 18 heavy (non-hydrogen) atoms. The number of anilines is 1. The summed E-state index contributed by atoms with van der Waals surface area (Å²) in [5.41, 5.74) is 8.27. The Morgan fingerprint density at radius 3 is 2.50 bits per heavy atom. The molecule has 0 fully saturated rings. The molecular weight excluding hydrogens is 228 g/mol. The molecule has 1 aromatic heterocycles. The molecule has 2 aromatic rings. The molecule has 0 bridgehead atoms. The Morgan fingerprint density at radius 2 is 1.83 bits per heavy atom. The number of nitrogens with zero attached hydrogens (tertiary/aromatic N) is 1. The van der Waals surface area contributed by atoms with E-state index in [1.807, 2.05) is 37.3 Å². The summed E-state index contributed by atoms with van der Waals surface area (Å²) in [4.78, 5) is 4.25. The molecule has 1 aromatic carbocycles. The maximum absolute atomic E-state index is 5.79. The van der Waals surface area contributed by atoms with Gasteiger partial charge in [-0.1, -0.05) is 12.1 Å². The van der Waals surface area contributed by atoms with Crippen molar-refractivity contribution >= 4 is 5.69 Å². The van der Waals surface area contributed by atoms with Gasteiger partial charge < -0.3 is 15.2 Å². The molecule has 0 spiro atoms. The summed E-state index contributed by atoms with van der Waals surface area (Å²) in [6.45, 7) is 2.34. The molecule has 1 heterocycles. The zero-order chi connectivity index (χ0) is 13.0. The van der Waals surface area contributed by atoms with Crippen LogP contribution in [0, 0.1) is 6.92 Å². The van der Waals surface area contributed by atoms with E-state index >= 15 is 0 Å². The summed E-state index contributed by atoms with van der Waals surface area (Å²) in [5.74, 6) is 1.30. The van der Waals surface area contributed by atoms with Crippen LogP contribution in [0.25, 0.3) is 0 Å². The maximum atomic E-state index is 5.79. The maximum Gasteiger partial charge on any atom is 0.237 e. The van der Waals surface area contributed by atoms with Crippen LogP contribution in [0.1, 0.15) is 11.3 Å². The molecule has 4 heteroatoms. The minimum Gasteiger partial charge on any atom is -0.497 e. The Kier molecular flexibility index (Phi) is 3.67. The molecule has 4 nitrogen and oxygen atoms in total. The Labute approximate surface area is 106 Å². The first-order valence-corrected chi connectivity index (χ1v) is 5.68. The lowest BCUT2D eigenvalue weighted by molar-refractivity contribution is 0.295. The highest BCUT2D eigenvalue weighted by molar-refractivity contribution is 5.48. The second-order valence-corrected chi connectivity index (χ2v) is 3.98. The van der Waals surface area contributed by atoms with Gasteiger partial charge in [0.25, 0.3) is 0 Å². The summed E-state index contributed by atoms with van der Waals surface area (Å²) in [6.07, 6.45) is 0. The van der Waals surface area contributed by atoms with E-state index in [-0.39, 0.29) is 0 Å². The zero-order valence-corrected chi connectivity index (χ0v) is 10.5. The number of methoxy groups -OCH3 is 1. The van der Waals surface area contributed by atoms with Gasteiger partial charge in [-0.3, -0.25) is 0 Å². The third-order valence-corrected chi connectivity index (χ3v) is 2.56. The molecule has 0 aliphatic rings. The SMILES string of the molecule is COc1ccc(COc2nc(C)ccc2N)cc1. The highest BCUT2D eigenvalue weighted by Crippen LogP contribution is 2.20. The van der Waals surface area contributed by atoms with Crippen molar-refractivity contribution in [2.24, 2.45) is 0 Å². The van der Waals surface area contributed by atoms with Crippen molar-refractivity contribution in [1.29, 1.82) is 0 Å². The Hall–Kier alpha value is -2.23. The van der Waals surface area contributed by atoms with Gasteiger partial charge in [-0.2, -0.15) is 0 Å². The molecule has 0 atom stereocenters. The van der Waals surface area contributed by atoms with Gasteiger partial charge in [0.15, 0.2) is 0 Å². The average molecular weight is 244 g/mol. The van der Waals surface area contributed by atoms with E-state index in [4.69, 9.17) is 15.2 Å². The van der Waals surface area contributed by atoms with Gasteiger partial charge in [-0.15, -0.1) is 0 Å². The van der Waals surface area contributed by atoms with Gasteiger partial charge in [0.1, 0.15) is 12.4 Å². The van der Waals surface area contributed by atoms with Crippen LogP contribution in [0.15, 0.2) is 36.4 Å². The number of aromatic nitrogens is 1. The van der Waals surface area contributed by atoms with Crippen LogP contribution in [0.3, 0.4) is 0 Å². The van der Waals surface area contributed by atoms with Crippen LogP contribution < -0.4 is 15.2 Å². The molecule has 0 amide bonds. The molecule has 0 aliphatic carbocycles. The number of nitrogens with two attached hydrogens (primary N) is 1. The first-order valence-electron chi connectivity index (χ1n) is 5.68. The lowest BCUT2D eigenvalue weighted by Crippen LogP contribution is -2.01. The molecule has 0 radical (unpaired) electrons. The zero-order valence-electron chi connectivity index (χ0n) is 10.5. The summed E-state index contributed by atoms with van der Waals surface area (Å²) >= 11 is 0. The van der Waals surface area contributed by atoms with E-state index in [9.17, 15) is 0 Å². The number of ether oxygens (including phenoxy) is 2. The van der Waals surface area contributed by atoms with E-state index < -0.39 is 0 Å². The third-order valence-electron chi connectivity index (χ3n) is 2.56. The van der Waals surface area contributed by atoms with Crippen molar-refractivity contribution in [2.75, 3.05) is 12.8 Å². The lowest BCUT2D eigenvalue weighted by Gasteiger charge is -2.09. The predicted octanol–water partition coefficient (Wildman–Crippen LogP) is 2.56. The highest BCUT2D eigenvalue weighted by Gasteiger charge is 2.03. The third kappa shape index (κ3) is 2.91. The quantitative estimate of drug-likeness (QED) is 0.898. The van der Waals surface area contributed by atoms with Gasteiger partial charge in [-0.25, -0.2) is 4.98 Å². The van der Waals surface area contributed by atoms with Crippen molar-refractivity contribution in [3.05, 3.63) is 47.7 Å². The van der Waals surface area contributed by atoms with Gasteiger partial charge in [0, 0.05) is 5.69 Å². The Morgan fingerprint density at radius 1 is 1.11 bits per heavy atom. The summed E-state index contributed by atoms with van der Waals surface area (Å²) in [6, 6.07) is 11.3. The van der Waals surface area contributed by atoms with E-state index in [0.717, 1.165) is 17.0 Å². The van der Waals surface area contributed by atoms with E-state index in [1.54, 1.807) is 13.2 Å². The second-order valence-electron chi connectivity index (χ2n) is 3.98. The topological polar surface area (TPSA) is 57.4 Å². The summed E-state index contributed by atoms with van der Waals surface area (Å²) in [5, 5.41) is 0. The van der Waals surface area contributed by atoms with Crippen LogP contribution in [-0.4, -0.2) is 12.1 Å². The fourth-order valence-electron chi connectivity index (χ4n) is 1.53. The van der Waals surface area contributed by atoms with Crippen molar-refractivity contribution in [1.82, 2.24) is 4.98 Å². The van der Waals surface area contributed by atoms with Gasteiger partial charge in [0.05, 0.1) is 12.8 Å². The predicted molar refractivity (Wildman–Crippen MR) is 70.7 cm³/mol. The number of nitrogen functional groups attached to an aromatic ring is 1. The molecule has 0 saturated heterocycles. The number of pyridine rings is 1. The van der Waals surface area contributed by atoms with Crippen LogP contribution in [0.2, 0.25) is 0 Å². The van der Waals surface area contributed by atoms with Crippen LogP contribution >= 0.6 is 0 Å². The summed E-state index contributed by atoms with van der Waals surface area (Å²) in [7, 11) is 1.64. The first kappa shape index (κ1) is 12.2. The normalized spacial score (nSPS) is 10.1. The fourth-order valence-corrected chi connectivity index (χ4v) is 1.53.